The zero-order chi connectivity index (χ0) is 25.8. The van der Waals surface area contributed by atoms with Gasteiger partial charge in [-0.2, -0.15) is 0 Å². The van der Waals surface area contributed by atoms with Crippen LogP contribution in [0.15, 0.2) is 36.5 Å². The highest BCUT2D eigenvalue weighted by atomic mass is 16.5. The molecule has 36 heavy (non-hydrogen) atoms. The smallest absolute Gasteiger partial charge is 0.270 e. The number of nitrogens with one attached hydrogen (secondary N) is 2. The second-order valence-electron chi connectivity index (χ2n) is 11.0. The maximum atomic E-state index is 13.0. The molecule has 1 aromatic heterocycles. The van der Waals surface area contributed by atoms with Gasteiger partial charge in [0.25, 0.3) is 5.91 Å². The van der Waals surface area contributed by atoms with Gasteiger partial charge in [0.1, 0.15) is 0 Å². The van der Waals surface area contributed by atoms with E-state index in [0.717, 1.165) is 68.9 Å². The van der Waals surface area contributed by atoms with E-state index >= 15 is 0 Å². The molecule has 0 unspecified atom stereocenters. The molecule has 0 bridgehead atoms. The van der Waals surface area contributed by atoms with Crippen LogP contribution in [0.25, 0.3) is 10.4 Å². The first-order valence-corrected chi connectivity index (χ1v) is 12.8. The van der Waals surface area contributed by atoms with Crippen molar-refractivity contribution in [1.29, 1.82) is 0 Å². The molecule has 2 aliphatic rings. The highest BCUT2D eigenvalue weighted by molar-refractivity contribution is 6.05. The van der Waals surface area contributed by atoms with Crippen molar-refractivity contribution in [1.82, 2.24) is 9.88 Å². The summed E-state index contributed by atoms with van der Waals surface area (Å²) in [6.45, 7) is 21.0. The van der Waals surface area contributed by atoms with Crippen LogP contribution in [0, 0.1) is 12.0 Å². The van der Waals surface area contributed by atoms with E-state index in [1.807, 2.05) is 12.1 Å². The average Bonchev–Trinajstić information content (AvgIpc) is 3.35. The Kier molecular flexibility index (Phi) is 7.99. The number of carbonyl (C=O) groups excluding carboxylic acids is 1. The molecule has 2 N–H and O–H groups in total. The van der Waals surface area contributed by atoms with Gasteiger partial charge in [0.05, 0.1) is 37.7 Å². The Hall–Kier alpha value is -2.92. The number of hydrogen-bond acceptors (Lipinski definition) is 4. The summed E-state index contributed by atoms with van der Waals surface area (Å²) >= 11 is 0. The Morgan fingerprint density at radius 2 is 2.06 bits per heavy atom. The third-order valence-electron chi connectivity index (χ3n) is 7.30. The number of hydrogen-bond donors (Lipinski definition) is 2. The Labute approximate surface area is 214 Å². The Morgan fingerprint density at radius 1 is 1.28 bits per heavy atom. The zero-order valence-electron chi connectivity index (χ0n) is 21.9. The number of carbonyl (C=O) groups is 1. The number of anilines is 1. The Balaban J connectivity index is 1.55. The van der Waals surface area contributed by atoms with Crippen molar-refractivity contribution >= 4 is 22.9 Å². The topological polar surface area (TPSA) is 71.0 Å². The van der Waals surface area contributed by atoms with Crippen molar-refractivity contribution in [2.45, 2.75) is 52.6 Å². The number of aromatic amines is 1. The molecule has 7 heteroatoms. The average molecular weight is 491 g/mol. The molecule has 0 atom stereocenters. The molecule has 1 aromatic carbocycles. The lowest BCUT2D eigenvalue weighted by atomic mass is 9.76. The summed E-state index contributed by atoms with van der Waals surface area (Å²) < 4.78 is 11.8. The highest BCUT2D eigenvalue weighted by Crippen LogP contribution is 2.41. The second kappa shape index (κ2) is 11.0. The Bertz CT molecular complexity index is 1150. The molecule has 1 saturated heterocycles. The van der Waals surface area contributed by atoms with E-state index in [1.165, 1.54) is 5.57 Å². The van der Waals surface area contributed by atoms with Crippen molar-refractivity contribution in [3.63, 3.8) is 0 Å². The van der Waals surface area contributed by atoms with Crippen LogP contribution in [0.5, 0.6) is 0 Å². The standard InChI is InChI=1S/C29H38N4O3/c1-28(2)10-8-21(9-11-28)24-18-22(29(3,4)36-17-14-33-12-15-35-16-13-33)6-7-25(24)32-27(34)26-19-23(30-5)20-31-26/h6-8,18-20,31H,9-17H2,1-4H3,(H,32,34). The van der Waals surface area contributed by atoms with Crippen LogP contribution in [0.4, 0.5) is 11.4 Å². The lowest BCUT2D eigenvalue weighted by molar-refractivity contribution is -0.0420. The third kappa shape index (κ3) is 6.44. The van der Waals surface area contributed by atoms with Crippen molar-refractivity contribution < 1.29 is 14.3 Å². The van der Waals surface area contributed by atoms with Gasteiger partial charge in [0.15, 0.2) is 0 Å². The summed E-state index contributed by atoms with van der Waals surface area (Å²) in [5.74, 6) is -0.253. The van der Waals surface area contributed by atoms with Crippen molar-refractivity contribution in [2.75, 3.05) is 44.8 Å². The SMILES string of the molecule is [C-]#[N+]c1c[nH]c(C(=O)Nc2ccc(C(C)(C)OCCN3CCOCC3)cc2C2=CCC(C)(C)CC2)c1. The van der Waals surface area contributed by atoms with Crippen LogP contribution in [-0.4, -0.2) is 55.2 Å². The fourth-order valence-corrected chi connectivity index (χ4v) is 4.72. The summed E-state index contributed by atoms with van der Waals surface area (Å²) in [5.41, 5.74) is 4.76. The number of aromatic nitrogens is 1. The molecule has 1 aliphatic carbocycles. The number of morpholine rings is 1. The van der Waals surface area contributed by atoms with Crippen LogP contribution in [0.1, 0.15) is 68.6 Å². The molecule has 0 saturated carbocycles. The molecule has 2 heterocycles. The summed E-state index contributed by atoms with van der Waals surface area (Å²) in [6.07, 6.45) is 6.93. The van der Waals surface area contributed by atoms with Gasteiger partial charge >= 0.3 is 0 Å². The molecule has 7 nitrogen and oxygen atoms in total. The minimum Gasteiger partial charge on any atom is -0.379 e. The van der Waals surface area contributed by atoms with E-state index in [2.05, 4.69) is 59.9 Å². The number of benzene rings is 1. The van der Waals surface area contributed by atoms with Gasteiger partial charge in [0, 0.05) is 37.1 Å². The molecule has 1 amide bonds. The number of amides is 1. The van der Waals surface area contributed by atoms with E-state index < -0.39 is 5.60 Å². The van der Waals surface area contributed by atoms with Crippen LogP contribution >= 0.6 is 0 Å². The summed E-state index contributed by atoms with van der Waals surface area (Å²) in [6, 6.07) is 7.77. The maximum Gasteiger partial charge on any atom is 0.270 e. The first-order valence-electron chi connectivity index (χ1n) is 12.8. The van der Waals surface area contributed by atoms with Gasteiger partial charge in [-0.1, -0.05) is 26.0 Å². The van der Waals surface area contributed by atoms with E-state index in [4.69, 9.17) is 16.0 Å². The molecule has 1 aliphatic heterocycles. The monoisotopic (exact) mass is 490 g/mol. The van der Waals surface area contributed by atoms with E-state index in [-0.39, 0.29) is 11.3 Å². The minimum atomic E-state index is -0.470. The van der Waals surface area contributed by atoms with Crippen molar-refractivity contribution in [2.24, 2.45) is 5.41 Å². The van der Waals surface area contributed by atoms with Gasteiger partial charge in [-0.25, -0.2) is 4.85 Å². The van der Waals surface area contributed by atoms with Gasteiger partial charge in [-0.3, -0.25) is 9.69 Å². The van der Waals surface area contributed by atoms with E-state index in [9.17, 15) is 4.79 Å². The molecule has 192 valence electrons. The van der Waals surface area contributed by atoms with Gasteiger partial charge < -0.3 is 19.8 Å². The van der Waals surface area contributed by atoms with E-state index in [0.29, 0.717) is 18.0 Å². The largest absolute Gasteiger partial charge is 0.379 e. The fraction of sp³-hybridized carbons (Fsp3) is 0.517. The fourth-order valence-electron chi connectivity index (χ4n) is 4.72. The third-order valence-corrected chi connectivity index (χ3v) is 7.30. The van der Waals surface area contributed by atoms with Crippen LogP contribution in [-0.2, 0) is 15.1 Å². The predicted molar refractivity (Wildman–Crippen MR) is 143 cm³/mol. The first kappa shape index (κ1) is 26.2. The second-order valence-corrected chi connectivity index (χ2v) is 11.0. The quantitative estimate of drug-likeness (QED) is 0.446. The van der Waals surface area contributed by atoms with Crippen LogP contribution < -0.4 is 5.32 Å². The number of ether oxygens (including phenoxy) is 2. The molecule has 1 fully saturated rings. The molecular formula is C29H38N4O3. The number of nitrogens with zero attached hydrogens (tertiary/aromatic N) is 2. The maximum absolute atomic E-state index is 13.0. The molecular weight excluding hydrogens is 452 g/mol. The molecule has 0 spiro atoms. The van der Waals surface area contributed by atoms with Crippen LogP contribution in [0.3, 0.4) is 0 Å². The normalized spacial score (nSPS) is 18.4. The summed E-state index contributed by atoms with van der Waals surface area (Å²) in [7, 11) is 0. The minimum absolute atomic E-state index is 0.253. The Morgan fingerprint density at radius 3 is 2.72 bits per heavy atom. The van der Waals surface area contributed by atoms with Crippen molar-refractivity contribution in [3.8, 4) is 0 Å². The van der Waals surface area contributed by atoms with Crippen LogP contribution in [0.2, 0.25) is 0 Å². The van der Waals surface area contributed by atoms with Crippen molar-refractivity contribution in [3.05, 3.63) is 64.8 Å². The van der Waals surface area contributed by atoms with Gasteiger partial charge in [-0.15, -0.1) is 0 Å². The summed E-state index contributed by atoms with van der Waals surface area (Å²) in [4.78, 5) is 21.6. The predicted octanol–water partition coefficient (Wildman–Crippen LogP) is 6.00. The highest BCUT2D eigenvalue weighted by Gasteiger charge is 2.27. The van der Waals surface area contributed by atoms with Gasteiger partial charge in [-0.05, 0) is 67.9 Å². The molecule has 0 radical (unpaired) electrons. The zero-order valence-corrected chi connectivity index (χ0v) is 21.9. The summed E-state index contributed by atoms with van der Waals surface area (Å²) in [5, 5.41) is 3.07. The van der Waals surface area contributed by atoms with E-state index in [1.54, 1.807) is 12.3 Å². The number of rotatable bonds is 8. The van der Waals surface area contributed by atoms with Gasteiger partial charge in [0.2, 0.25) is 5.69 Å². The lowest BCUT2D eigenvalue weighted by Crippen LogP contribution is -2.39. The number of allylic oxidation sites excluding steroid dienone is 2. The first-order chi connectivity index (χ1) is 17.2. The lowest BCUT2D eigenvalue weighted by Gasteiger charge is -2.32. The number of H-pyrrole nitrogens is 1. The molecule has 2 aromatic rings. The molecule has 4 rings (SSSR count).